The lowest BCUT2D eigenvalue weighted by Gasteiger charge is -2.26. The fourth-order valence-electron chi connectivity index (χ4n) is 1.81. The van der Waals surface area contributed by atoms with Crippen molar-refractivity contribution in [3.63, 3.8) is 0 Å². The molecule has 0 saturated heterocycles. The van der Waals surface area contributed by atoms with E-state index in [2.05, 4.69) is 43.4 Å². The van der Waals surface area contributed by atoms with Gasteiger partial charge in [0, 0.05) is 3.92 Å². The SMILES string of the molecule is CC(C)C(C)OC1CCCCCC1I. The van der Waals surface area contributed by atoms with E-state index in [1.807, 2.05) is 0 Å². The maximum Gasteiger partial charge on any atom is 0.0696 e. The van der Waals surface area contributed by atoms with Crippen LogP contribution in [0.2, 0.25) is 0 Å². The first kappa shape index (κ1) is 12.8. The number of hydrogen-bond donors (Lipinski definition) is 0. The zero-order chi connectivity index (χ0) is 10.6. The molecular formula is C12H23IO. The van der Waals surface area contributed by atoms with E-state index >= 15 is 0 Å². The summed E-state index contributed by atoms with van der Waals surface area (Å²) in [5, 5.41) is 0. The molecule has 1 fully saturated rings. The Balaban J connectivity index is 2.40. The summed E-state index contributed by atoms with van der Waals surface area (Å²) in [4.78, 5) is 0. The number of halogens is 1. The molecule has 3 atom stereocenters. The van der Waals surface area contributed by atoms with E-state index in [9.17, 15) is 0 Å². The molecule has 1 aliphatic rings. The van der Waals surface area contributed by atoms with Crippen molar-refractivity contribution in [2.45, 2.75) is 69.0 Å². The van der Waals surface area contributed by atoms with E-state index in [4.69, 9.17) is 4.74 Å². The Bertz CT molecular complexity index is 158. The summed E-state index contributed by atoms with van der Waals surface area (Å²) in [5.41, 5.74) is 0. The van der Waals surface area contributed by atoms with E-state index in [1.54, 1.807) is 0 Å². The number of rotatable bonds is 3. The average molecular weight is 310 g/mol. The third kappa shape index (κ3) is 4.05. The molecular weight excluding hydrogens is 287 g/mol. The van der Waals surface area contributed by atoms with E-state index in [-0.39, 0.29) is 0 Å². The van der Waals surface area contributed by atoms with Gasteiger partial charge in [0.2, 0.25) is 0 Å². The van der Waals surface area contributed by atoms with E-state index in [0.717, 1.165) is 3.92 Å². The third-order valence-corrected chi connectivity index (χ3v) is 4.63. The second-order valence-electron chi connectivity index (χ2n) is 4.78. The molecule has 0 aromatic carbocycles. The van der Waals surface area contributed by atoms with Crippen molar-refractivity contribution in [3.05, 3.63) is 0 Å². The minimum Gasteiger partial charge on any atom is -0.374 e. The fraction of sp³-hybridized carbons (Fsp3) is 1.00. The van der Waals surface area contributed by atoms with Gasteiger partial charge in [-0.15, -0.1) is 0 Å². The van der Waals surface area contributed by atoms with Gasteiger partial charge in [-0.1, -0.05) is 55.7 Å². The van der Waals surface area contributed by atoms with E-state index < -0.39 is 0 Å². The van der Waals surface area contributed by atoms with E-state index in [0.29, 0.717) is 18.1 Å². The maximum atomic E-state index is 6.14. The minimum atomic E-state index is 0.412. The number of ether oxygens (including phenoxy) is 1. The number of hydrogen-bond acceptors (Lipinski definition) is 1. The molecule has 2 heteroatoms. The summed E-state index contributed by atoms with van der Waals surface area (Å²) in [5.74, 6) is 0.641. The quantitative estimate of drug-likeness (QED) is 0.431. The Hall–Kier alpha value is 0.690. The molecule has 0 radical (unpaired) electrons. The summed E-state index contributed by atoms with van der Waals surface area (Å²) in [6.45, 7) is 6.69. The van der Waals surface area contributed by atoms with Gasteiger partial charge in [-0.3, -0.25) is 0 Å². The van der Waals surface area contributed by atoms with Crippen molar-refractivity contribution in [2.24, 2.45) is 5.92 Å². The highest BCUT2D eigenvalue weighted by molar-refractivity contribution is 14.1. The van der Waals surface area contributed by atoms with Gasteiger partial charge in [0.25, 0.3) is 0 Å². The monoisotopic (exact) mass is 310 g/mol. The van der Waals surface area contributed by atoms with Crippen LogP contribution in [0.15, 0.2) is 0 Å². The highest BCUT2D eigenvalue weighted by atomic mass is 127. The van der Waals surface area contributed by atoms with Gasteiger partial charge < -0.3 is 4.74 Å². The lowest BCUT2D eigenvalue weighted by Crippen LogP contribution is -2.29. The Labute approximate surface area is 102 Å². The van der Waals surface area contributed by atoms with Gasteiger partial charge in [0.05, 0.1) is 12.2 Å². The smallest absolute Gasteiger partial charge is 0.0696 e. The first-order chi connectivity index (χ1) is 6.61. The van der Waals surface area contributed by atoms with Gasteiger partial charge >= 0.3 is 0 Å². The Morgan fingerprint density at radius 1 is 1.07 bits per heavy atom. The maximum absolute atomic E-state index is 6.14. The molecule has 0 aliphatic heterocycles. The van der Waals surface area contributed by atoms with Crippen molar-refractivity contribution in [2.75, 3.05) is 0 Å². The normalized spacial score (nSPS) is 31.5. The second-order valence-corrected chi connectivity index (χ2v) is 6.38. The van der Waals surface area contributed by atoms with Crippen LogP contribution < -0.4 is 0 Å². The van der Waals surface area contributed by atoms with Crippen LogP contribution in [-0.2, 0) is 4.74 Å². The Morgan fingerprint density at radius 2 is 1.71 bits per heavy atom. The molecule has 0 bridgehead atoms. The standard InChI is InChI=1S/C12H23IO/c1-9(2)10(3)14-12-8-6-4-5-7-11(12)13/h9-12H,4-8H2,1-3H3. The second kappa shape index (κ2) is 6.31. The van der Waals surface area contributed by atoms with Crippen molar-refractivity contribution in [3.8, 4) is 0 Å². The van der Waals surface area contributed by atoms with E-state index in [1.165, 1.54) is 32.1 Å². The van der Waals surface area contributed by atoms with Crippen molar-refractivity contribution in [1.82, 2.24) is 0 Å². The third-order valence-electron chi connectivity index (χ3n) is 3.20. The Morgan fingerprint density at radius 3 is 2.36 bits per heavy atom. The fourth-order valence-corrected chi connectivity index (χ4v) is 2.78. The molecule has 84 valence electrons. The molecule has 3 unspecified atom stereocenters. The van der Waals surface area contributed by atoms with Gasteiger partial charge in [-0.25, -0.2) is 0 Å². The van der Waals surface area contributed by atoms with Crippen LogP contribution >= 0.6 is 22.6 Å². The first-order valence-corrected chi connectivity index (χ1v) is 7.15. The zero-order valence-electron chi connectivity index (χ0n) is 9.63. The minimum absolute atomic E-state index is 0.412. The first-order valence-electron chi connectivity index (χ1n) is 5.90. The molecule has 1 nitrogen and oxygen atoms in total. The average Bonchev–Trinajstić information content (AvgIpc) is 2.32. The van der Waals surface area contributed by atoms with Crippen LogP contribution in [-0.4, -0.2) is 16.1 Å². The molecule has 1 rings (SSSR count). The zero-order valence-corrected chi connectivity index (χ0v) is 11.8. The molecule has 1 saturated carbocycles. The summed E-state index contributed by atoms with van der Waals surface area (Å²) in [6, 6.07) is 0. The number of alkyl halides is 1. The van der Waals surface area contributed by atoms with Crippen LogP contribution in [0, 0.1) is 5.92 Å². The predicted octanol–water partition coefficient (Wildman–Crippen LogP) is 4.18. The molecule has 0 amide bonds. The molecule has 0 aromatic rings. The highest BCUT2D eigenvalue weighted by Gasteiger charge is 2.24. The van der Waals surface area contributed by atoms with Crippen LogP contribution in [0.5, 0.6) is 0 Å². The summed E-state index contributed by atoms with van der Waals surface area (Å²) < 4.78 is 6.87. The molecule has 0 heterocycles. The van der Waals surface area contributed by atoms with Crippen molar-refractivity contribution in [1.29, 1.82) is 0 Å². The van der Waals surface area contributed by atoms with Crippen LogP contribution in [0.25, 0.3) is 0 Å². The Kier molecular flexibility index (Phi) is 5.75. The van der Waals surface area contributed by atoms with Gasteiger partial charge in [0.15, 0.2) is 0 Å². The van der Waals surface area contributed by atoms with Crippen LogP contribution in [0.1, 0.15) is 52.9 Å². The lowest BCUT2D eigenvalue weighted by atomic mass is 10.1. The van der Waals surface area contributed by atoms with Crippen molar-refractivity contribution >= 4 is 22.6 Å². The molecule has 0 spiro atoms. The molecule has 1 aliphatic carbocycles. The van der Waals surface area contributed by atoms with Gasteiger partial charge in [-0.2, -0.15) is 0 Å². The summed E-state index contributed by atoms with van der Waals surface area (Å²) in [7, 11) is 0. The predicted molar refractivity (Wildman–Crippen MR) is 70.1 cm³/mol. The summed E-state index contributed by atoms with van der Waals surface area (Å²) >= 11 is 2.58. The lowest BCUT2D eigenvalue weighted by molar-refractivity contribution is -0.0264. The van der Waals surface area contributed by atoms with Crippen LogP contribution in [0.3, 0.4) is 0 Å². The summed E-state index contributed by atoms with van der Waals surface area (Å²) in [6.07, 6.45) is 7.68. The molecule has 0 aromatic heterocycles. The molecule has 0 N–H and O–H groups in total. The van der Waals surface area contributed by atoms with Gasteiger partial charge in [0.1, 0.15) is 0 Å². The molecule has 14 heavy (non-hydrogen) atoms. The highest BCUT2D eigenvalue weighted by Crippen LogP contribution is 2.28. The largest absolute Gasteiger partial charge is 0.374 e. The van der Waals surface area contributed by atoms with Crippen LogP contribution in [0.4, 0.5) is 0 Å². The van der Waals surface area contributed by atoms with Crippen molar-refractivity contribution < 1.29 is 4.74 Å². The topological polar surface area (TPSA) is 9.23 Å². The van der Waals surface area contributed by atoms with Gasteiger partial charge in [-0.05, 0) is 25.7 Å².